The molecule has 2 aromatic carbocycles. The maximum Gasteiger partial charge on any atom is 0.294 e. The summed E-state index contributed by atoms with van der Waals surface area (Å²) < 4.78 is 7.19. The van der Waals surface area contributed by atoms with Crippen molar-refractivity contribution < 1.29 is 14.5 Å². The number of nitro groups is 1. The molecule has 1 N–H and O–H groups in total. The van der Waals surface area contributed by atoms with Crippen LogP contribution in [0.2, 0.25) is 0 Å². The summed E-state index contributed by atoms with van der Waals surface area (Å²) in [5, 5.41) is 14.2. The molecule has 0 spiro atoms. The molecule has 3 rings (SSSR count). The predicted octanol–water partition coefficient (Wildman–Crippen LogP) is 3.36. The van der Waals surface area contributed by atoms with Crippen LogP contribution in [0, 0.1) is 10.1 Å². The molecule has 0 atom stereocenters. The van der Waals surface area contributed by atoms with Gasteiger partial charge < -0.3 is 19.5 Å². The first-order valence-corrected chi connectivity index (χ1v) is 9.40. The molecule has 9 heteroatoms. The Kier molecular flexibility index (Phi) is 6.76. The van der Waals surface area contributed by atoms with Crippen molar-refractivity contribution in [2.45, 2.75) is 6.42 Å². The molecule has 0 bridgehead atoms. The van der Waals surface area contributed by atoms with Gasteiger partial charge in [-0.3, -0.25) is 14.9 Å². The molecule has 1 amide bonds. The molecule has 9 nitrogen and oxygen atoms in total. The van der Waals surface area contributed by atoms with Crippen LogP contribution in [0.3, 0.4) is 0 Å². The molecular formula is C21H23N5O4. The molecule has 0 fully saturated rings. The minimum atomic E-state index is -0.519. The number of nitrogens with zero attached hydrogens (tertiary/aromatic N) is 4. The molecule has 1 aromatic heterocycles. The van der Waals surface area contributed by atoms with Gasteiger partial charge in [0.25, 0.3) is 11.6 Å². The lowest BCUT2D eigenvalue weighted by molar-refractivity contribution is -0.384. The first-order valence-electron chi connectivity index (χ1n) is 9.40. The standard InChI is InChI=1S/C21H23N5O4/c1-24(2)11-3-13-30-18-7-5-17(6-8-18)23-21(27)16-4-9-19(20(14-16)26(28)29)25-12-10-22-15-25/h4-10,12,14-15H,3,11,13H2,1-2H3,(H,23,27). The van der Waals surface area contributed by atoms with E-state index in [0.717, 1.165) is 13.0 Å². The molecule has 3 aromatic rings. The number of rotatable bonds is 9. The molecule has 0 saturated heterocycles. The fourth-order valence-corrected chi connectivity index (χ4v) is 2.84. The lowest BCUT2D eigenvalue weighted by Crippen LogP contribution is -2.15. The fraction of sp³-hybridized carbons (Fsp3) is 0.238. The van der Waals surface area contributed by atoms with Crippen LogP contribution in [0.25, 0.3) is 5.69 Å². The summed E-state index contributed by atoms with van der Waals surface area (Å²) in [6.45, 7) is 1.55. The van der Waals surface area contributed by atoms with Crippen molar-refractivity contribution in [2.75, 3.05) is 32.6 Å². The third-order valence-corrected chi connectivity index (χ3v) is 4.35. The van der Waals surface area contributed by atoms with Gasteiger partial charge in [0.1, 0.15) is 11.4 Å². The van der Waals surface area contributed by atoms with Crippen molar-refractivity contribution in [1.82, 2.24) is 14.5 Å². The van der Waals surface area contributed by atoms with Crippen LogP contribution in [-0.4, -0.2) is 52.5 Å². The minimum absolute atomic E-state index is 0.179. The molecule has 0 radical (unpaired) electrons. The van der Waals surface area contributed by atoms with E-state index in [2.05, 4.69) is 15.2 Å². The molecule has 0 aliphatic carbocycles. The Hall–Kier alpha value is -3.72. The Morgan fingerprint density at radius 2 is 2.00 bits per heavy atom. The number of amides is 1. The number of benzene rings is 2. The second-order valence-electron chi connectivity index (χ2n) is 6.91. The number of carbonyl (C=O) groups is 1. The van der Waals surface area contributed by atoms with Crippen LogP contribution < -0.4 is 10.1 Å². The quantitative estimate of drug-likeness (QED) is 0.330. The summed E-state index contributed by atoms with van der Waals surface area (Å²) in [7, 11) is 4.02. The van der Waals surface area contributed by atoms with Crippen LogP contribution >= 0.6 is 0 Å². The zero-order chi connectivity index (χ0) is 21.5. The highest BCUT2D eigenvalue weighted by Crippen LogP contribution is 2.25. The maximum absolute atomic E-state index is 12.6. The van der Waals surface area contributed by atoms with Gasteiger partial charge in [-0.1, -0.05) is 0 Å². The van der Waals surface area contributed by atoms with E-state index in [-0.39, 0.29) is 11.3 Å². The van der Waals surface area contributed by atoms with Gasteiger partial charge in [-0.25, -0.2) is 4.98 Å². The number of anilines is 1. The predicted molar refractivity (Wildman–Crippen MR) is 113 cm³/mol. The number of hydrogen-bond acceptors (Lipinski definition) is 6. The Morgan fingerprint density at radius 3 is 2.63 bits per heavy atom. The highest BCUT2D eigenvalue weighted by atomic mass is 16.6. The highest BCUT2D eigenvalue weighted by molar-refractivity contribution is 6.04. The Balaban J connectivity index is 1.65. The Bertz CT molecular complexity index is 1000. The maximum atomic E-state index is 12.6. The van der Waals surface area contributed by atoms with Gasteiger partial charge in [0.05, 0.1) is 17.9 Å². The minimum Gasteiger partial charge on any atom is -0.494 e. The van der Waals surface area contributed by atoms with E-state index in [4.69, 9.17) is 4.74 Å². The van der Waals surface area contributed by atoms with Gasteiger partial charge in [0, 0.05) is 36.3 Å². The van der Waals surface area contributed by atoms with E-state index < -0.39 is 10.8 Å². The smallest absolute Gasteiger partial charge is 0.294 e. The molecule has 0 aliphatic heterocycles. The Morgan fingerprint density at radius 1 is 1.23 bits per heavy atom. The highest BCUT2D eigenvalue weighted by Gasteiger charge is 2.19. The topological polar surface area (TPSA) is 103 Å². The second-order valence-corrected chi connectivity index (χ2v) is 6.91. The molecule has 0 aliphatic rings. The normalized spacial score (nSPS) is 10.8. The SMILES string of the molecule is CN(C)CCCOc1ccc(NC(=O)c2ccc(-n3ccnc3)c([N+](=O)[O-])c2)cc1. The fourth-order valence-electron chi connectivity index (χ4n) is 2.84. The average Bonchev–Trinajstić information content (AvgIpc) is 3.26. The van der Waals surface area contributed by atoms with Crippen LogP contribution in [0.15, 0.2) is 61.2 Å². The van der Waals surface area contributed by atoms with E-state index in [1.54, 1.807) is 36.5 Å². The van der Waals surface area contributed by atoms with Crippen LogP contribution in [0.5, 0.6) is 5.75 Å². The third-order valence-electron chi connectivity index (χ3n) is 4.35. The summed E-state index contributed by atoms with van der Waals surface area (Å²) in [4.78, 5) is 29.5. The summed E-state index contributed by atoms with van der Waals surface area (Å²) >= 11 is 0. The van der Waals surface area contributed by atoms with E-state index in [0.29, 0.717) is 23.7 Å². The molecule has 1 heterocycles. The lowest BCUT2D eigenvalue weighted by atomic mass is 10.1. The number of nitrogens with one attached hydrogen (secondary N) is 1. The van der Waals surface area contributed by atoms with E-state index in [9.17, 15) is 14.9 Å². The van der Waals surface area contributed by atoms with E-state index in [1.807, 2.05) is 14.1 Å². The van der Waals surface area contributed by atoms with Gasteiger partial charge in [-0.15, -0.1) is 0 Å². The molecule has 30 heavy (non-hydrogen) atoms. The van der Waals surface area contributed by atoms with Gasteiger partial charge in [0.2, 0.25) is 0 Å². The third kappa shape index (κ3) is 5.42. The monoisotopic (exact) mass is 409 g/mol. The number of aromatic nitrogens is 2. The zero-order valence-corrected chi connectivity index (χ0v) is 16.8. The Labute approximate surface area is 174 Å². The summed E-state index contributed by atoms with van der Waals surface area (Å²) in [5.41, 5.74) is 0.920. The van der Waals surface area contributed by atoms with Crippen molar-refractivity contribution in [3.8, 4) is 11.4 Å². The van der Waals surface area contributed by atoms with Crippen molar-refractivity contribution in [2.24, 2.45) is 0 Å². The van der Waals surface area contributed by atoms with Gasteiger partial charge in [-0.2, -0.15) is 0 Å². The van der Waals surface area contributed by atoms with E-state index >= 15 is 0 Å². The number of hydrogen-bond donors (Lipinski definition) is 1. The molecular weight excluding hydrogens is 386 g/mol. The number of carbonyl (C=O) groups excluding carboxylic acids is 1. The van der Waals surface area contributed by atoms with E-state index in [1.165, 1.54) is 29.2 Å². The summed E-state index contributed by atoms with van der Waals surface area (Å²) in [6, 6.07) is 11.3. The van der Waals surface area contributed by atoms with Crippen molar-refractivity contribution in [3.63, 3.8) is 0 Å². The molecule has 0 unspecified atom stereocenters. The van der Waals surface area contributed by atoms with Crippen molar-refractivity contribution >= 4 is 17.3 Å². The zero-order valence-electron chi connectivity index (χ0n) is 16.8. The van der Waals surface area contributed by atoms with Crippen molar-refractivity contribution in [1.29, 1.82) is 0 Å². The van der Waals surface area contributed by atoms with Crippen LogP contribution in [-0.2, 0) is 0 Å². The summed E-state index contributed by atoms with van der Waals surface area (Å²) in [6.07, 6.45) is 5.51. The first-order chi connectivity index (χ1) is 14.4. The summed E-state index contributed by atoms with van der Waals surface area (Å²) in [5.74, 6) is 0.280. The largest absolute Gasteiger partial charge is 0.494 e. The number of nitro benzene ring substituents is 1. The lowest BCUT2D eigenvalue weighted by Gasteiger charge is -2.11. The second kappa shape index (κ2) is 9.66. The molecule has 0 saturated carbocycles. The average molecular weight is 409 g/mol. The number of ether oxygens (including phenoxy) is 1. The first kappa shape index (κ1) is 21.0. The molecule has 156 valence electrons. The van der Waals surface area contributed by atoms with Gasteiger partial charge >= 0.3 is 0 Å². The van der Waals surface area contributed by atoms with Gasteiger partial charge in [-0.05, 0) is 56.9 Å². The van der Waals surface area contributed by atoms with Gasteiger partial charge in [0.15, 0.2) is 0 Å². The number of imidazole rings is 1. The van der Waals surface area contributed by atoms with Crippen molar-refractivity contribution in [3.05, 3.63) is 76.9 Å². The van der Waals surface area contributed by atoms with Crippen LogP contribution in [0.4, 0.5) is 11.4 Å². The van der Waals surface area contributed by atoms with Crippen LogP contribution in [0.1, 0.15) is 16.8 Å².